The Morgan fingerprint density at radius 1 is 1.11 bits per heavy atom. The Hall–Kier alpha value is -0.980. The summed E-state index contributed by atoms with van der Waals surface area (Å²) in [6.07, 6.45) is 1.23. The molecule has 18 heavy (non-hydrogen) atoms. The lowest BCUT2D eigenvalue weighted by Crippen LogP contribution is -2.34. The second kappa shape index (κ2) is 18.4. The van der Waals surface area contributed by atoms with Crippen LogP contribution in [0.5, 0.6) is 0 Å². The van der Waals surface area contributed by atoms with Crippen molar-refractivity contribution in [1.29, 1.82) is 0 Å². The molecule has 2 N–H and O–H groups in total. The topological polar surface area (TPSA) is 76.7 Å². The molecule has 108 valence electrons. The Balaban J connectivity index is 0. The Bertz CT molecular complexity index is 189. The van der Waals surface area contributed by atoms with E-state index in [9.17, 15) is 9.59 Å². The highest BCUT2D eigenvalue weighted by Gasteiger charge is 1.96. The molecule has 6 nitrogen and oxygen atoms in total. The highest BCUT2D eigenvalue weighted by Crippen LogP contribution is 1.80. The molecule has 0 atom stereocenters. The van der Waals surface area contributed by atoms with Crippen LogP contribution in [0.1, 0.15) is 20.3 Å². The van der Waals surface area contributed by atoms with E-state index >= 15 is 0 Å². The molecule has 0 spiro atoms. The van der Waals surface area contributed by atoms with Gasteiger partial charge in [-0.2, -0.15) is 0 Å². The van der Waals surface area contributed by atoms with Crippen LogP contribution < -0.4 is 10.6 Å². The van der Waals surface area contributed by atoms with Crippen molar-refractivity contribution in [3.63, 3.8) is 0 Å². The van der Waals surface area contributed by atoms with E-state index in [0.29, 0.717) is 45.9 Å². The third-order valence-electron chi connectivity index (χ3n) is 1.66. The first kappa shape index (κ1) is 19.4. The Kier molecular flexibility index (Phi) is 19.8. The van der Waals surface area contributed by atoms with Gasteiger partial charge in [-0.25, -0.2) is 0 Å². The van der Waals surface area contributed by atoms with Gasteiger partial charge in [-0.3, -0.25) is 4.79 Å². The van der Waals surface area contributed by atoms with Gasteiger partial charge in [0.05, 0.1) is 33.0 Å². The lowest BCUT2D eigenvalue weighted by Gasteiger charge is -2.06. The van der Waals surface area contributed by atoms with Crippen molar-refractivity contribution >= 4 is 12.2 Å². The summed E-state index contributed by atoms with van der Waals surface area (Å²) in [5, 5.41) is 5.43. The molecule has 0 saturated heterocycles. The Morgan fingerprint density at radius 2 is 1.72 bits per heavy atom. The molecule has 0 aromatic heterocycles. The zero-order valence-electron chi connectivity index (χ0n) is 11.7. The number of carbonyl (C=O) groups is 2. The van der Waals surface area contributed by atoms with E-state index in [-0.39, 0.29) is 5.91 Å². The fraction of sp³-hybridized carbons (Fsp3) is 0.833. The van der Waals surface area contributed by atoms with E-state index < -0.39 is 0 Å². The molecule has 0 bridgehead atoms. The van der Waals surface area contributed by atoms with Crippen molar-refractivity contribution in [2.75, 3.05) is 46.6 Å². The van der Waals surface area contributed by atoms with Crippen LogP contribution in [0.25, 0.3) is 0 Å². The first-order chi connectivity index (χ1) is 8.81. The molecule has 0 radical (unpaired) electrons. The molecule has 0 aliphatic heterocycles. The second-order valence-corrected chi connectivity index (χ2v) is 3.06. The maximum absolute atomic E-state index is 11.0. The van der Waals surface area contributed by atoms with E-state index in [2.05, 4.69) is 10.6 Å². The van der Waals surface area contributed by atoms with Crippen LogP contribution in [-0.4, -0.2) is 58.8 Å². The van der Waals surface area contributed by atoms with Crippen LogP contribution in [0.4, 0.5) is 0 Å². The summed E-state index contributed by atoms with van der Waals surface area (Å²) >= 11 is 0. The smallest absolute Gasteiger partial charge is 0.234 e. The number of nitrogens with one attached hydrogen (secondary N) is 2. The number of hydrogen-bond acceptors (Lipinski definition) is 5. The van der Waals surface area contributed by atoms with Crippen LogP contribution >= 0.6 is 0 Å². The molecular weight excluding hydrogens is 236 g/mol. The minimum absolute atomic E-state index is 0.0478. The van der Waals surface area contributed by atoms with Crippen molar-refractivity contribution in [3.8, 4) is 0 Å². The Labute approximate surface area is 109 Å². The number of aldehydes is 1. The first-order valence-electron chi connectivity index (χ1n) is 6.31. The Morgan fingerprint density at radius 3 is 2.28 bits per heavy atom. The van der Waals surface area contributed by atoms with E-state index in [1.54, 1.807) is 7.05 Å². The molecule has 1 amide bonds. The first-order valence-corrected chi connectivity index (χ1v) is 6.31. The highest BCUT2D eigenvalue weighted by atomic mass is 16.5. The summed E-state index contributed by atoms with van der Waals surface area (Å²) in [5.74, 6) is -0.0478. The average molecular weight is 262 g/mol. The zero-order valence-corrected chi connectivity index (χ0v) is 11.7. The fourth-order valence-electron chi connectivity index (χ4n) is 0.939. The lowest BCUT2D eigenvalue weighted by molar-refractivity contribution is -0.120. The maximum Gasteiger partial charge on any atom is 0.234 e. The molecular formula is C12H26N2O4. The van der Waals surface area contributed by atoms with Gasteiger partial charge in [0.2, 0.25) is 5.91 Å². The third kappa shape index (κ3) is 17.4. The van der Waals surface area contributed by atoms with Gasteiger partial charge in [0.15, 0.2) is 0 Å². The number of rotatable bonds is 11. The highest BCUT2D eigenvalue weighted by molar-refractivity contribution is 5.77. The molecule has 0 fully saturated rings. The summed E-state index contributed by atoms with van der Waals surface area (Å²) in [6.45, 7) is 6.65. The summed E-state index contributed by atoms with van der Waals surface area (Å²) < 4.78 is 10.3. The molecule has 0 heterocycles. The second-order valence-electron chi connectivity index (χ2n) is 3.06. The summed E-state index contributed by atoms with van der Waals surface area (Å²) in [7, 11) is 1.72. The third-order valence-corrected chi connectivity index (χ3v) is 1.66. The molecule has 0 aromatic carbocycles. The van der Waals surface area contributed by atoms with Crippen LogP contribution in [0, 0.1) is 0 Å². The van der Waals surface area contributed by atoms with Gasteiger partial charge in [0, 0.05) is 13.0 Å². The van der Waals surface area contributed by atoms with Gasteiger partial charge in [-0.15, -0.1) is 0 Å². The SMILES string of the molecule is CC.CNCC(=O)NCCOCCOCCC=O. The molecule has 0 unspecified atom stereocenters. The predicted octanol–water partition coefficient (Wildman–Crippen LogP) is -0.0296. The minimum Gasteiger partial charge on any atom is -0.379 e. The van der Waals surface area contributed by atoms with E-state index in [0.717, 1.165) is 6.29 Å². The van der Waals surface area contributed by atoms with Crippen LogP contribution in [-0.2, 0) is 19.1 Å². The number of likely N-dealkylation sites (N-methyl/N-ethyl adjacent to an activating group) is 1. The summed E-state index contributed by atoms with van der Waals surface area (Å²) in [6, 6.07) is 0. The fourth-order valence-corrected chi connectivity index (χ4v) is 0.939. The number of amides is 1. The molecule has 6 heteroatoms. The lowest BCUT2D eigenvalue weighted by atomic mass is 10.5. The molecule has 0 aromatic rings. The van der Waals surface area contributed by atoms with Crippen molar-refractivity contribution in [2.24, 2.45) is 0 Å². The van der Waals surface area contributed by atoms with Crippen LogP contribution in [0.2, 0.25) is 0 Å². The van der Waals surface area contributed by atoms with Gasteiger partial charge in [-0.1, -0.05) is 13.8 Å². The normalized spacial score (nSPS) is 9.28. The monoisotopic (exact) mass is 262 g/mol. The van der Waals surface area contributed by atoms with Crippen molar-refractivity contribution in [1.82, 2.24) is 10.6 Å². The van der Waals surface area contributed by atoms with E-state index in [1.807, 2.05) is 13.8 Å². The molecule has 0 aliphatic rings. The van der Waals surface area contributed by atoms with Gasteiger partial charge in [-0.05, 0) is 7.05 Å². The molecule has 0 rings (SSSR count). The average Bonchev–Trinajstić information content (AvgIpc) is 2.39. The van der Waals surface area contributed by atoms with E-state index in [4.69, 9.17) is 9.47 Å². The molecule has 0 saturated carbocycles. The van der Waals surface area contributed by atoms with Crippen molar-refractivity contribution in [2.45, 2.75) is 20.3 Å². The van der Waals surface area contributed by atoms with Gasteiger partial charge in [0.1, 0.15) is 6.29 Å². The summed E-state index contributed by atoms with van der Waals surface area (Å²) in [5.41, 5.74) is 0. The van der Waals surface area contributed by atoms with Crippen LogP contribution in [0.15, 0.2) is 0 Å². The van der Waals surface area contributed by atoms with Crippen molar-refractivity contribution in [3.05, 3.63) is 0 Å². The zero-order chi connectivity index (χ0) is 14.1. The minimum atomic E-state index is -0.0478. The maximum atomic E-state index is 11.0. The van der Waals surface area contributed by atoms with Gasteiger partial charge < -0.3 is 24.9 Å². The van der Waals surface area contributed by atoms with E-state index in [1.165, 1.54) is 0 Å². The predicted molar refractivity (Wildman–Crippen MR) is 70.6 cm³/mol. The standard InChI is InChI=1S/C10H20N2O4.C2H6/c1-11-9-10(14)12-3-6-16-8-7-15-5-2-4-13;1-2/h4,11H,2-3,5-9H2,1H3,(H,12,14);1-2H3. The van der Waals surface area contributed by atoms with Gasteiger partial charge in [0.25, 0.3) is 0 Å². The molecule has 0 aliphatic carbocycles. The quantitative estimate of drug-likeness (QED) is 0.404. The number of carbonyl (C=O) groups excluding carboxylic acids is 2. The van der Waals surface area contributed by atoms with Crippen LogP contribution in [0.3, 0.4) is 0 Å². The van der Waals surface area contributed by atoms with Crippen molar-refractivity contribution < 1.29 is 19.1 Å². The van der Waals surface area contributed by atoms with Gasteiger partial charge >= 0.3 is 0 Å². The number of ether oxygens (including phenoxy) is 2. The largest absolute Gasteiger partial charge is 0.379 e. The summed E-state index contributed by atoms with van der Waals surface area (Å²) in [4.78, 5) is 20.9. The number of hydrogen-bond donors (Lipinski definition) is 2.